The van der Waals surface area contributed by atoms with Crippen molar-refractivity contribution in [2.24, 2.45) is 0 Å². The fourth-order valence-electron chi connectivity index (χ4n) is 1.60. The minimum atomic E-state index is -0.369. The van der Waals surface area contributed by atoms with Gasteiger partial charge >= 0.3 is 5.97 Å². The Morgan fingerprint density at radius 2 is 1.88 bits per heavy atom. The van der Waals surface area contributed by atoms with Crippen molar-refractivity contribution >= 4 is 11.8 Å². The monoisotopic (exact) mass is 220 g/mol. The quantitative estimate of drug-likeness (QED) is 0.572. The molecular weight excluding hydrogens is 208 g/mol. The van der Waals surface area contributed by atoms with Gasteiger partial charge in [-0.3, -0.25) is 4.79 Å². The molecule has 0 radical (unpaired) electrons. The fraction of sp³-hybridized carbons (Fsp3) is 0.333. The Bertz CT molecular complexity index is 421. The summed E-state index contributed by atoms with van der Waals surface area (Å²) < 4.78 is 9.81. The smallest absolute Gasteiger partial charge is 0.337 e. The summed E-state index contributed by atoms with van der Waals surface area (Å²) in [6.45, 7) is 1.51. The summed E-state index contributed by atoms with van der Waals surface area (Å²) in [5.41, 5.74) is 1.40. The summed E-state index contributed by atoms with van der Waals surface area (Å²) in [6, 6.07) is 6.89. The normalized spacial score (nSPS) is 22.6. The van der Waals surface area contributed by atoms with Gasteiger partial charge in [-0.15, -0.1) is 0 Å². The van der Waals surface area contributed by atoms with Crippen LogP contribution < -0.4 is 0 Å². The van der Waals surface area contributed by atoms with Gasteiger partial charge in [-0.05, 0) is 24.6 Å². The van der Waals surface area contributed by atoms with Crippen LogP contribution in [0.15, 0.2) is 24.3 Å². The van der Waals surface area contributed by atoms with Crippen LogP contribution in [-0.4, -0.2) is 25.0 Å². The summed E-state index contributed by atoms with van der Waals surface area (Å²) in [6.07, 6.45) is -0.465. The molecule has 0 aromatic heterocycles. The molecule has 0 saturated carbocycles. The van der Waals surface area contributed by atoms with E-state index in [1.54, 1.807) is 24.3 Å². The number of epoxide rings is 1. The molecule has 1 aromatic rings. The van der Waals surface area contributed by atoms with E-state index in [0.29, 0.717) is 5.56 Å². The molecule has 0 amide bonds. The lowest BCUT2D eigenvalue weighted by atomic mass is 10.1. The van der Waals surface area contributed by atoms with Crippen molar-refractivity contribution < 1.29 is 19.1 Å². The lowest BCUT2D eigenvalue weighted by molar-refractivity contribution is -0.118. The zero-order valence-corrected chi connectivity index (χ0v) is 9.10. The van der Waals surface area contributed by atoms with Crippen LogP contribution >= 0.6 is 0 Å². The highest BCUT2D eigenvalue weighted by atomic mass is 16.6. The topological polar surface area (TPSA) is 55.9 Å². The van der Waals surface area contributed by atoms with Crippen molar-refractivity contribution in [1.82, 2.24) is 0 Å². The summed E-state index contributed by atoms with van der Waals surface area (Å²) in [4.78, 5) is 22.2. The van der Waals surface area contributed by atoms with Gasteiger partial charge in [0.25, 0.3) is 0 Å². The van der Waals surface area contributed by atoms with Gasteiger partial charge in [0.2, 0.25) is 0 Å². The first kappa shape index (κ1) is 10.8. The molecule has 16 heavy (non-hydrogen) atoms. The van der Waals surface area contributed by atoms with E-state index in [1.807, 2.05) is 0 Å². The fourth-order valence-corrected chi connectivity index (χ4v) is 1.60. The molecule has 2 atom stereocenters. The van der Waals surface area contributed by atoms with Gasteiger partial charge in [0.05, 0.1) is 12.7 Å². The van der Waals surface area contributed by atoms with E-state index in [1.165, 1.54) is 14.0 Å². The van der Waals surface area contributed by atoms with E-state index in [-0.39, 0.29) is 24.0 Å². The molecule has 1 aromatic carbocycles. The van der Waals surface area contributed by atoms with Crippen LogP contribution in [0.4, 0.5) is 0 Å². The molecule has 0 spiro atoms. The predicted octanol–water partition coefficient (Wildman–Crippen LogP) is 1.50. The van der Waals surface area contributed by atoms with Gasteiger partial charge in [-0.25, -0.2) is 4.79 Å². The maximum absolute atomic E-state index is 11.2. The summed E-state index contributed by atoms with van der Waals surface area (Å²) in [5.74, 6) is -0.339. The van der Waals surface area contributed by atoms with E-state index in [9.17, 15) is 9.59 Å². The lowest BCUT2D eigenvalue weighted by Gasteiger charge is -2.00. The Morgan fingerprint density at radius 1 is 1.25 bits per heavy atom. The minimum absolute atomic E-state index is 0.0297. The first-order valence-electron chi connectivity index (χ1n) is 4.97. The number of benzene rings is 1. The molecular formula is C12H12O4. The van der Waals surface area contributed by atoms with Gasteiger partial charge in [0.15, 0.2) is 5.78 Å². The van der Waals surface area contributed by atoms with Crippen molar-refractivity contribution in [1.29, 1.82) is 0 Å². The Morgan fingerprint density at radius 3 is 2.31 bits per heavy atom. The van der Waals surface area contributed by atoms with Crippen molar-refractivity contribution in [2.45, 2.75) is 19.1 Å². The van der Waals surface area contributed by atoms with Gasteiger partial charge < -0.3 is 9.47 Å². The highest BCUT2D eigenvalue weighted by Gasteiger charge is 2.43. The predicted molar refractivity (Wildman–Crippen MR) is 56.1 cm³/mol. The number of carbonyl (C=O) groups is 2. The number of hydrogen-bond donors (Lipinski definition) is 0. The largest absolute Gasteiger partial charge is 0.465 e. The zero-order chi connectivity index (χ0) is 11.7. The average molecular weight is 220 g/mol. The third-order valence-corrected chi connectivity index (χ3v) is 2.55. The standard InChI is InChI=1S/C12H12O4/c1-7(13)10-11(16-10)8-3-5-9(6-4-8)12(14)15-2/h3-6,10-11H,1-2H3/t10-,11-/m0/s1. The first-order chi connectivity index (χ1) is 7.63. The van der Waals surface area contributed by atoms with Crippen LogP contribution in [0.5, 0.6) is 0 Å². The van der Waals surface area contributed by atoms with E-state index in [2.05, 4.69) is 4.74 Å². The van der Waals surface area contributed by atoms with Gasteiger partial charge in [-0.1, -0.05) is 12.1 Å². The first-order valence-corrected chi connectivity index (χ1v) is 4.97. The number of methoxy groups -OCH3 is 1. The second kappa shape index (κ2) is 4.06. The zero-order valence-electron chi connectivity index (χ0n) is 9.10. The van der Waals surface area contributed by atoms with Crippen LogP contribution in [0.3, 0.4) is 0 Å². The number of carbonyl (C=O) groups excluding carboxylic acids is 2. The highest BCUT2D eigenvalue weighted by Crippen LogP contribution is 2.39. The molecule has 4 nitrogen and oxygen atoms in total. The van der Waals surface area contributed by atoms with Crippen LogP contribution in [0, 0.1) is 0 Å². The number of Topliss-reactive ketones (excluding diaryl/α,β-unsaturated/α-hetero) is 1. The molecule has 1 aliphatic heterocycles. The van der Waals surface area contributed by atoms with Crippen LogP contribution in [0.1, 0.15) is 28.9 Å². The second-order valence-electron chi connectivity index (χ2n) is 3.70. The van der Waals surface area contributed by atoms with Crippen molar-refractivity contribution in [3.8, 4) is 0 Å². The molecule has 0 N–H and O–H groups in total. The van der Waals surface area contributed by atoms with Crippen LogP contribution in [0.2, 0.25) is 0 Å². The van der Waals surface area contributed by atoms with Crippen LogP contribution in [-0.2, 0) is 14.3 Å². The maximum atomic E-state index is 11.2. The Kier molecular flexibility index (Phi) is 2.75. The Balaban J connectivity index is 2.09. The Labute approximate surface area is 93.2 Å². The molecule has 0 bridgehead atoms. The highest BCUT2D eigenvalue weighted by molar-refractivity contribution is 5.89. The summed E-state index contributed by atoms with van der Waals surface area (Å²) >= 11 is 0. The van der Waals surface area contributed by atoms with Crippen molar-refractivity contribution in [2.75, 3.05) is 7.11 Å². The Hall–Kier alpha value is -1.68. The lowest BCUT2D eigenvalue weighted by Crippen LogP contribution is -2.02. The third-order valence-electron chi connectivity index (χ3n) is 2.55. The molecule has 1 aliphatic rings. The molecule has 84 valence electrons. The SMILES string of the molecule is COC(=O)c1ccc([C@@H]2O[C@H]2C(C)=O)cc1. The molecule has 1 fully saturated rings. The number of rotatable bonds is 3. The van der Waals surface area contributed by atoms with E-state index in [0.717, 1.165) is 5.56 Å². The third kappa shape index (κ3) is 1.97. The number of hydrogen-bond acceptors (Lipinski definition) is 4. The number of esters is 1. The van der Waals surface area contributed by atoms with E-state index >= 15 is 0 Å². The molecule has 0 aliphatic carbocycles. The molecule has 2 rings (SSSR count). The van der Waals surface area contributed by atoms with Crippen LogP contribution in [0.25, 0.3) is 0 Å². The van der Waals surface area contributed by atoms with Gasteiger partial charge in [-0.2, -0.15) is 0 Å². The summed E-state index contributed by atoms with van der Waals surface area (Å²) in [7, 11) is 1.34. The maximum Gasteiger partial charge on any atom is 0.337 e. The number of ether oxygens (including phenoxy) is 2. The molecule has 1 saturated heterocycles. The number of ketones is 1. The van der Waals surface area contributed by atoms with E-state index < -0.39 is 0 Å². The van der Waals surface area contributed by atoms with Crippen molar-refractivity contribution in [3.05, 3.63) is 35.4 Å². The molecule has 1 heterocycles. The van der Waals surface area contributed by atoms with Crippen molar-refractivity contribution in [3.63, 3.8) is 0 Å². The van der Waals surface area contributed by atoms with Gasteiger partial charge in [0.1, 0.15) is 12.2 Å². The van der Waals surface area contributed by atoms with Gasteiger partial charge in [0, 0.05) is 0 Å². The average Bonchev–Trinajstić information content (AvgIpc) is 3.08. The van der Waals surface area contributed by atoms with E-state index in [4.69, 9.17) is 4.74 Å². The second-order valence-corrected chi connectivity index (χ2v) is 3.70. The summed E-state index contributed by atoms with van der Waals surface area (Å²) in [5, 5.41) is 0. The molecule has 4 heteroatoms. The molecule has 0 unspecified atom stereocenters. The minimum Gasteiger partial charge on any atom is -0.465 e.